The molecule has 2 atom stereocenters. The second-order valence-electron chi connectivity index (χ2n) is 1.45. The fourth-order valence-corrected chi connectivity index (χ4v) is 0.610. The zero-order valence-electron chi connectivity index (χ0n) is 4.47. The van der Waals surface area contributed by atoms with Crippen LogP contribution in [0.4, 0.5) is 0 Å². The lowest BCUT2D eigenvalue weighted by Gasteiger charge is -2.05. The molecule has 6 heteroatoms. The molecule has 0 amide bonds. The average molecular weight is 154 g/mol. The molecule has 0 aromatic heterocycles. The van der Waals surface area contributed by atoms with E-state index in [2.05, 4.69) is 0 Å². The molecule has 5 nitrogen and oxygen atoms in total. The van der Waals surface area contributed by atoms with Crippen molar-refractivity contribution in [3.8, 4) is 0 Å². The number of aliphatic hydroxyl groups excluding tert-OH is 3. The van der Waals surface area contributed by atoms with Gasteiger partial charge in [0.2, 0.25) is 0 Å². The zero-order valence-corrected chi connectivity index (χ0v) is 5.36. The maximum Gasteiger partial charge on any atom is 0.347 e. The van der Waals surface area contributed by atoms with Crippen molar-refractivity contribution in [2.24, 2.45) is 0 Å². The highest BCUT2D eigenvalue weighted by molar-refractivity contribution is 7.31. The highest BCUT2D eigenvalue weighted by Crippen LogP contribution is 2.13. The number of hydrogen-bond acceptors (Lipinski definition) is 5. The maximum absolute atomic E-state index is 9.82. The van der Waals surface area contributed by atoms with E-state index >= 15 is 0 Å². The summed E-state index contributed by atoms with van der Waals surface area (Å²) < 4.78 is 19.6. The molecule has 0 bridgehead atoms. The van der Waals surface area contributed by atoms with E-state index in [0.717, 1.165) is 0 Å². The minimum atomic E-state index is -3.06. The van der Waals surface area contributed by atoms with Gasteiger partial charge in [0.05, 0.1) is 6.61 Å². The predicted molar refractivity (Wildman–Crippen MR) is 27.4 cm³/mol. The van der Waals surface area contributed by atoms with Crippen molar-refractivity contribution >= 4 is 7.68 Å². The van der Waals surface area contributed by atoms with Crippen LogP contribution in [0, 0.1) is 0 Å². The molecule has 0 aliphatic carbocycles. The summed E-state index contributed by atoms with van der Waals surface area (Å²) in [6, 6.07) is 0. The molecule has 2 unspecified atom stereocenters. The number of aliphatic hydroxyl groups is 3. The van der Waals surface area contributed by atoms with Crippen molar-refractivity contribution in [2.45, 2.75) is 11.9 Å². The van der Waals surface area contributed by atoms with Crippen LogP contribution in [-0.4, -0.2) is 33.9 Å². The summed E-state index contributed by atoms with van der Waals surface area (Å²) in [4.78, 5) is 0. The van der Waals surface area contributed by atoms with Crippen molar-refractivity contribution < 1.29 is 24.4 Å². The molecular formula is C3H7O5P. The third-order valence-electron chi connectivity index (χ3n) is 0.747. The molecular weight excluding hydrogens is 147 g/mol. The molecule has 0 aliphatic rings. The average Bonchev–Trinajstić information content (AvgIpc) is 1.84. The lowest BCUT2D eigenvalue weighted by atomic mass is 10.4. The van der Waals surface area contributed by atoms with E-state index in [9.17, 15) is 9.13 Å². The summed E-state index contributed by atoms with van der Waals surface area (Å²) in [5, 5.41) is 24.9. The van der Waals surface area contributed by atoms with Crippen molar-refractivity contribution in [1.82, 2.24) is 0 Å². The topological polar surface area (TPSA) is 94.8 Å². The normalized spacial score (nSPS) is 16.8. The summed E-state index contributed by atoms with van der Waals surface area (Å²) >= 11 is 0. The first kappa shape index (κ1) is 8.78. The largest absolute Gasteiger partial charge is 0.394 e. The lowest BCUT2D eigenvalue weighted by Crippen LogP contribution is -2.24. The molecule has 0 fully saturated rings. The molecule has 0 rings (SSSR count). The Labute approximate surface area is 51.8 Å². The Kier molecular flexibility index (Phi) is 3.65. The standard InChI is InChI=1S/C3H7O5P/c4-1-2(5)3(6)9(7)8/h2-6H,1H2. The SMILES string of the molecule is O=P(=O)C(O)C(O)CO. The highest BCUT2D eigenvalue weighted by atomic mass is 31.1. The first-order valence-electron chi connectivity index (χ1n) is 2.20. The summed E-state index contributed by atoms with van der Waals surface area (Å²) in [5.41, 5.74) is 0. The van der Waals surface area contributed by atoms with Crippen LogP contribution in [0.3, 0.4) is 0 Å². The van der Waals surface area contributed by atoms with Crippen LogP contribution in [0.1, 0.15) is 0 Å². The Morgan fingerprint density at radius 2 is 1.78 bits per heavy atom. The second-order valence-corrected chi connectivity index (χ2v) is 2.55. The van der Waals surface area contributed by atoms with E-state index in [0.29, 0.717) is 0 Å². The molecule has 0 aliphatic heterocycles. The molecule has 0 saturated heterocycles. The van der Waals surface area contributed by atoms with E-state index in [-0.39, 0.29) is 0 Å². The molecule has 0 saturated carbocycles. The van der Waals surface area contributed by atoms with Crippen LogP contribution >= 0.6 is 7.68 Å². The lowest BCUT2D eigenvalue weighted by molar-refractivity contribution is 0.0234. The van der Waals surface area contributed by atoms with Crippen molar-refractivity contribution in [3.63, 3.8) is 0 Å². The van der Waals surface area contributed by atoms with Crippen LogP contribution in [0.5, 0.6) is 0 Å². The molecule has 3 N–H and O–H groups in total. The zero-order chi connectivity index (χ0) is 7.44. The fourth-order valence-electron chi connectivity index (χ4n) is 0.235. The maximum atomic E-state index is 9.82. The van der Waals surface area contributed by atoms with Crippen molar-refractivity contribution in [3.05, 3.63) is 0 Å². The van der Waals surface area contributed by atoms with Crippen LogP contribution in [0.25, 0.3) is 0 Å². The molecule has 0 aromatic rings. The summed E-state index contributed by atoms with van der Waals surface area (Å²) in [6.45, 7) is -0.759. The Balaban J connectivity index is 3.87. The Morgan fingerprint density at radius 3 is 1.89 bits per heavy atom. The second kappa shape index (κ2) is 3.74. The van der Waals surface area contributed by atoms with Gasteiger partial charge in [-0.1, -0.05) is 0 Å². The monoisotopic (exact) mass is 154 g/mol. The van der Waals surface area contributed by atoms with Gasteiger partial charge in [-0.2, -0.15) is 0 Å². The van der Waals surface area contributed by atoms with Gasteiger partial charge in [-0.05, 0) is 0 Å². The third-order valence-corrected chi connectivity index (χ3v) is 1.52. The van der Waals surface area contributed by atoms with E-state index < -0.39 is 26.2 Å². The Morgan fingerprint density at radius 1 is 1.33 bits per heavy atom. The van der Waals surface area contributed by atoms with Gasteiger partial charge in [0, 0.05) is 0 Å². The van der Waals surface area contributed by atoms with E-state index in [1.807, 2.05) is 0 Å². The molecule has 9 heavy (non-hydrogen) atoms. The van der Waals surface area contributed by atoms with Crippen molar-refractivity contribution in [2.75, 3.05) is 6.61 Å². The van der Waals surface area contributed by atoms with Gasteiger partial charge in [-0.15, -0.1) is 0 Å². The van der Waals surface area contributed by atoms with Gasteiger partial charge >= 0.3 is 7.68 Å². The number of rotatable bonds is 3. The van der Waals surface area contributed by atoms with Gasteiger partial charge in [-0.25, -0.2) is 9.13 Å². The fraction of sp³-hybridized carbons (Fsp3) is 1.00. The van der Waals surface area contributed by atoms with Gasteiger partial charge in [0.15, 0.2) is 5.85 Å². The Hall–Kier alpha value is -0.220. The number of hydrogen-bond donors (Lipinski definition) is 3. The molecule has 0 aromatic carbocycles. The first-order valence-corrected chi connectivity index (χ1v) is 3.44. The minimum Gasteiger partial charge on any atom is -0.394 e. The van der Waals surface area contributed by atoms with Gasteiger partial charge in [-0.3, -0.25) is 0 Å². The molecule has 54 valence electrons. The van der Waals surface area contributed by atoms with Gasteiger partial charge in [0.1, 0.15) is 6.10 Å². The van der Waals surface area contributed by atoms with Crippen molar-refractivity contribution in [1.29, 1.82) is 0 Å². The summed E-state index contributed by atoms with van der Waals surface area (Å²) in [6.07, 6.45) is -1.59. The van der Waals surface area contributed by atoms with E-state index in [1.165, 1.54) is 0 Å². The Bertz CT molecular complexity index is 133. The summed E-state index contributed by atoms with van der Waals surface area (Å²) in [7, 11) is -3.06. The predicted octanol–water partition coefficient (Wildman–Crippen LogP) is -1.17. The van der Waals surface area contributed by atoms with Crippen LogP contribution in [-0.2, 0) is 9.13 Å². The summed E-state index contributed by atoms with van der Waals surface area (Å²) in [5.74, 6) is -1.86. The van der Waals surface area contributed by atoms with Crippen LogP contribution in [0.2, 0.25) is 0 Å². The smallest absolute Gasteiger partial charge is 0.347 e. The molecule has 0 spiro atoms. The molecule has 0 radical (unpaired) electrons. The van der Waals surface area contributed by atoms with E-state index in [4.69, 9.17) is 15.3 Å². The highest BCUT2D eigenvalue weighted by Gasteiger charge is 2.19. The van der Waals surface area contributed by atoms with Gasteiger partial charge < -0.3 is 15.3 Å². The third kappa shape index (κ3) is 2.72. The molecule has 0 heterocycles. The quantitative estimate of drug-likeness (QED) is 0.445. The van der Waals surface area contributed by atoms with E-state index in [1.54, 1.807) is 0 Å². The van der Waals surface area contributed by atoms with Crippen LogP contribution in [0.15, 0.2) is 0 Å². The van der Waals surface area contributed by atoms with Gasteiger partial charge in [0.25, 0.3) is 0 Å². The van der Waals surface area contributed by atoms with Crippen LogP contribution < -0.4 is 0 Å². The minimum absolute atomic E-state index is 0.759. The first-order chi connectivity index (χ1) is 4.09.